The van der Waals surface area contributed by atoms with E-state index in [1.807, 2.05) is 56.0 Å². The number of carbonyl (C=O) groups is 1. The van der Waals surface area contributed by atoms with Gasteiger partial charge >= 0.3 is 6.03 Å². The molecule has 26 heavy (non-hydrogen) atoms. The van der Waals surface area contributed by atoms with Gasteiger partial charge in [-0.1, -0.05) is 17.7 Å². The Morgan fingerprint density at radius 1 is 1.08 bits per heavy atom. The van der Waals surface area contributed by atoms with Crippen LogP contribution in [0.4, 0.5) is 22.2 Å². The maximum Gasteiger partial charge on any atom is 0.321 e. The molecule has 1 fully saturated rings. The van der Waals surface area contributed by atoms with Crippen molar-refractivity contribution in [1.29, 1.82) is 0 Å². The van der Waals surface area contributed by atoms with Crippen molar-refractivity contribution in [2.24, 2.45) is 0 Å². The standard InChI is InChI=1S/C19H26N6O/c1-4-20-17-13-15(3)21-18(23-17)24-9-11-25(12-10-24)19(26)22-16-7-5-14(2)6-8-16/h5-8,13H,4,9-12H2,1-3H3,(H,22,26)(H,20,21,23). The molecule has 0 spiro atoms. The van der Waals surface area contributed by atoms with Crippen LogP contribution in [0.1, 0.15) is 18.2 Å². The van der Waals surface area contributed by atoms with Crippen LogP contribution in [0.15, 0.2) is 30.3 Å². The molecule has 0 saturated carbocycles. The van der Waals surface area contributed by atoms with Gasteiger partial charge in [0.25, 0.3) is 0 Å². The normalized spacial score (nSPS) is 14.3. The van der Waals surface area contributed by atoms with Crippen molar-refractivity contribution in [2.75, 3.05) is 48.3 Å². The molecule has 0 radical (unpaired) electrons. The first-order chi connectivity index (χ1) is 12.5. The number of hydrogen-bond donors (Lipinski definition) is 2. The van der Waals surface area contributed by atoms with E-state index in [-0.39, 0.29) is 6.03 Å². The van der Waals surface area contributed by atoms with Gasteiger partial charge in [0.2, 0.25) is 5.95 Å². The van der Waals surface area contributed by atoms with Crippen LogP contribution in [0.2, 0.25) is 0 Å². The molecule has 7 heteroatoms. The molecule has 0 bridgehead atoms. The average Bonchev–Trinajstić information content (AvgIpc) is 2.63. The predicted octanol–water partition coefficient (Wildman–Crippen LogP) is 2.88. The molecular formula is C19H26N6O. The Labute approximate surface area is 154 Å². The van der Waals surface area contributed by atoms with Crippen LogP contribution in [-0.2, 0) is 0 Å². The molecule has 1 aromatic heterocycles. The Morgan fingerprint density at radius 2 is 1.77 bits per heavy atom. The van der Waals surface area contributed by atoms with Crippen LogP contribution in [0, 0.1) is 13.8 Å². The Hall–Kier alpha value is -2.83. The number of aromatic nitrogens is 2. The highest BCUT2D eigenvalue weighted by atomic mass is 16.2. The molecule has 138 valence electrons. The van der Waals surface area contributed by atoms with Crippen molar-refractivity contribution in [1.82, 2.24) is 14.9 Å². The fourth-order valence-electron chi connectivity index (χ4n) is 2.91. The summed E-state index contributed by atoms with van der Waals surface area (Å²) < 4.78 is 0. The molecular weight excluding hydrogens is 328 g/mol. The third-order valence-electron chi connectivity index (χ3n) is 4.35. The molecule has 1 aliphatic rings. The molecule has 0 atom stereocenters. The van der Waals surface area contributed by atoms with E-state index in [4.69, 9.17) is 0 Å². The Kier molecular flexibility index (Phi) is 5.55. The third-order valence-corrected chi connectivity index (χ3v) is 4.35. The number of rotatable bonds is 4. The number of nitrogens with zero attached hydrogens (tertiary/aromatic N) is 4. The SMILES string of the molecule is CCNc1cc(C)nc(N2CCN(C(=O)Nc3ccc(C)cc3)CC2)n1. The number of aryl methyl sites for hydroxylation is 2. The Balaban J connectivity index is 1.58. The molecule has 3 rings (SSSR count). The minimum atomic E-state index is -0.0630. The van der Waals surface area contributed by atoms with Crippen LogP contribution in [0.25, 0.3) is 0 Å². The lowest BCUT2D eigenvalue weighted by Gasteiger charge is -2.34. The van der Waals surface area contributed by atoms with Gasteiger partial charge < -0.3 is 20.4 Å². The molecule has 0 aliphatic carbocycles. The molecule has 7 nitrogen and oxygen atoms in total. The van der Waals surface area contributed by atoms with Crippen molar-refractivity contribution in [3.63, 3.8) is 0 Å². The first-order valence-electron chi connectivity index (χ1n) is 9.02. The van der Waals surface area contributed by atoms with Gasteiger partial charge in [-0.05, 0) is 32.9 Å². The summed E-state index contributed by atoms with van der Waals surface area (Å²) in [6.07, 6.45) is 0. The lowest BCUT2D eigenvalue weighted by Crippen LogP contribution is -2.50. The number of anilines is 3. The first-order valence-corrected chi connectivity index (χ1v) is 9.02. The summed E-state index contributed by atoms with van der Waals surface area (Å²) in [5.74, 6) is 1.56. The summed E-state index contributed by atoms with van der Waals surface area (Å²) in [4.78, 5) is 25.5. The Morgan fingerprint density at radius 3 is 2.42 bits per heavy atom. The minimum Gasteiger partial charge on any atom is -0.370 e. The van der Waals surface area contributed by atoms with Gasteiger partial charge in [-0.3, -0.25) is 0 Å². The maximum atomic E-state index is 12.4. The molecule has 2 amide bonds. The zero-order valence-electron chi connectivity index (χ0n) is 15.6. The average molecular weight is 354 g/mol. The highest BCUT2D eigenvalue weighted by molar-refractivity contribution is 5.89. The van der Waals surface area contributed by atoms with E-state index in [2.05, 4.69) is 25.5 Å². The quantitative estimate of drug-likeness (QED) is 0.883. The van der Waals surface area contributed by atoms with Crippen molar-refractivity contribution >= 4 is 23.5 Å². The first kappa shape index (κ1) is 18.0. The van der Waals surface area contributed by atoms with Gasteiger partial charge in [-0.25, -0.2) is 9.78 Å². The van der Waals surface area contributed by atoms with Crippen LogP contribution in [-0.4, -0.2) is 53.6 Å². The number of benzene rings is 1. The van der Waals surface area contributed by atoms with E-state index in [1.165, 1.54) is 5.56 Å². The predicted molar refractivity (Wildman–Crippen MR) is 105 cm³/mol. The number of piperazine rings is 1. The number of nitrogens with one attached hydrogen (secondary N) is 2. The van der Waals surface area contributed by atoms with Crippen LogP contribution in [0.5, 0.6) is 0 Å². The second kappa shape index (κ2) is 8.03. The lowest BCUT2D eigenvalue weighted by molar-refractivity contribution is 0.208. The summed E-state index contributed by atoms with van der Waals surface area (Å²) in [5, 5.41) is 6.19. The maximum absolute atomic E-state index is 12.4. The van der Waals surface area contributed by atoms with Gasteiger partial charge in [-0.2, -0.15) is 4.98 Å². The number of urea groups is 1. The van der Waals surface area contributed by atoms with Gasteiger partial charge in [0.05, 0.1) is 0 Å². The summed E-state index contributed by atoms with van der Waals surface area (Å²) in [6.45, 7) is 9.59. The number of carbonyl (C=O) groups excluding carboxylic acids is 1. The highest BCUT2D eigenvalue weighted by Crippen LogP contribution is 2.16. The van der Waals surface area contributed by atoms with Crippen molar-refractivity contribution < 1.29 is 4.79 Å². The van der Waals surface area contributed by atoms with Crippen LogP contribution >= 0.6 is 0 Å². The second-order valence-corrected chi connectivity index (χ2v) is 6.50. The largest absolute Gasteiger partial charge is 0.370 e. The van der Waals surface area contributed by atoms with Gasteiger partial charge in [0.15, 0.2) is 0 Å². The summed E-state index contributed by atoms with van der Waals surface area (Å²) in [7, 11) is 0. The van der Waals surface area contributed by atoms with E-state index >= 15 is 0 Å². The molecule has 1 aromatic carbocycles. The zero-order valence-corrected chi connectivity index (χ0v) is 15.6. The van der Waals surface area contributed by atoms with Crippen LogP contribution in [0.3, 0.4) is 0 Å². The third kappa shape index (κ3) is 4.41. The van der Waals surface area contributed by atoms with Gasteiger partial charge in [-0.15, -0.1) is 0 Å². The van der Waals surface area contributed by atoms with E-state index in [0.717, 1.165) is 42.8 Å². The zero-order chi connectivity index (χ0) is 18.5. The molecule has 2 N–H and O–H groups in total. The Bertz CT molecular complexity index is 753. The van der Waals surface area contributed by atoms with Crippen molar-refractivity contribution in [3.8, 4) is 0 Å². The van der Waals surface area contributed by atoms with E-state index in [9.17, 15) is 4.79 Å². The van der Waals surface area contributed by atoms with Gasteiger partial charge in [0.1, 0.15) is 5.82 Å². The molecule has 0 unspecified atom stereocenters. The van der Waals surface area contributed by atoms with E-state index < -0.39 is 0 Å². The fourth-order valence-corrected chi connectivity index (χ4v) is 2.91. The molecule has 2 aromatic rings. The fraction of sp³-hybridized carbons (Fsp3) is 0.421. The van der Waals surface area contributed by atoms with Crippen LogP contribution < -0.4 is 15.5 Å². The lowest BCUT2D eigenvalue weighted by atomic mass is 10.2. The van der Waals surface area contributed by atoms with E-state index in [0.29, 0.717) is 13.1 Å². The second-order valence-electron chi connectivity index (χ2n) is 6.50. The monoisotopic (exact) mass is 354 g/mol. The highest BCUT2D eigenvalue weighted by Gasteiger charge is 2.23. The molecule has 1 aliphatic heterocycles. The molecule has 2 heterocycles. The van der Waals surface area contributed by atoms with E-state index in [1.54, 1.807) is 0 Å². The van der Waals surface area contributed by atoms with Crippen molar-refractivity contribution in [2.45, 2.75) is 20.8 Å². The summed E-state index contributed by atoms with van der Waals surface area (Å²) in [5.41, 5.74) is 2.93. The number of hydrogen-bond acceptors (Lipinski definition) is 5. The molecule has 1 saturated heterocycles. The topological polar surface area (TPSA) is 73.4 Å². The summed E-state index contributed by atoms with van der Waals surface area (Å²) >= 11 is 0. The number of amides is 2. The van der Waals surface area contributed by atoms with Crippen molar-refractivity contribution in [3.05, 3.63) is 41.6 Å². The van der Waals surface area contributed by atoms with Gasteiger partial charge in [0, 0.05) is 50.2 Å². The smallest absolute Gasteiger partial charge is 0.321 e. The minimum absolute atomic E-state index is 0.0630. The summed E-state index contributed by atoms with van der Waals surface area (Å²) in [6, 6.07) is 9.71.